The number of anilines is 2. The van der Waals surface area contributed by atoms with Gasteiger partial charge in [-0.15, -0.1) is 0 Å². The van der Waals surface area contributed by atoms with Gasteiger partial charge in [0, 0.05) is 17.2 Å². The van der Waals surface area contributed by atoms with Gasteiger partial charge >= 0.3 is 6.18 Å². The molecule has 5 nitrogen and oxygen atoms in total. The quantitative estimate of drug-likeness (QED) is 0.565. The maximum Gasteiger partial charge on any atom is 0.434 e. The summed E-state index contributed by atoms with van der Waals surface area (Å²) >= 11 is 3.10. The van der Waals surface area contributed by atoms with Crippen LogP contribution in [0.3, 0.4) is 0 Å². The summed E-state index contributed by atoms with van der Waals surface area (Å²) in [6.45, 7) is 0.320. The molecule has 1 saturated carbocycles. The van der Waals surface area contributed by atoms with Gasteiger partial charge in [-0.25, -0.2) is 14.4 Å². The molecular formula is C19H19BrF4N4O. The molecule has 2 aromatic rings. The summed E-state index contributed by atoms with van der Waals surface area (Å²) in [4.78, 5) is 19.5. The smallest absolute Gasteiger partial charge is 0.352 e. The van der Waals surface area contributed by atoms with Crippen LogP contribution in [0.15, 0.2) is 28.9 Å². The number of nitrogens with one attached hydrogen (secondary N) is 2. The summed E-state index contributed by atoms with van der Waals surface area (Å²) in [6, 6.07) is 4.00. The summed E-state index contributed by atoms with van der Waals surface area (Å²) in [5, 5.41) is 4.97. The van der Waals surface area contributed by atoms with Crippen LogP contribution in [-0.4, -0.2) is 22.4 Å². The van der Waals surface area contributed by atoms with E-state index < -0.39 is 35.1 Å². The van der Waals surface area contributed by atoms with Crippen molar-refractivity contribution in [1.82, 2.24) is 15.3 Å². The molecule has 1 aliphatic rings. The van der Waals surface area contributed by atoms with E-state index in [1.165, 1.54) is 12.1 Å². The molecule has 0 saturated heterocycles. The zero-order chi connectivity index (χ0) is 21.0. The van der Waals surface area contributed by atoms with E-state index in [2.05, 4.69) is 36.5 Å². The Labute approximate surface area is 173 Å². The molecular weight excluding hydrogens is 456 g/mol. The Morgan fingerprint density at radius 1 is 1.21 bits per heavy atom. The molecule has 1 aliphatic carbocycles. The van der Waals surface area contributed by atoms with Gasteiger partial charge in [-0.05, 0) is 37.0 Å². The molecule has 0 bridgehead atoms. The average Bonchev–Trinajstić information content (AvgIpc) is 2.68. The highest BCUT2D eigenvalue weighted by Crippen LogP contribution is 2.32. The summed E-state index contributed by atoms with van der Waals surface area (Å²) in [7, 11) is 0. The van der Waals surface area contributed by atoms with Crippen LogP contribution in [0.25, 0.3) is 0 Å². The van der Waals surface area contributed by atoms with Crippen LogP contribution in [0.1, 0.15) is 48.2 Å². The molecule has 0 radical (unpaired) electrons. The van der Waals surface area contributed by atoms with Gasteiger partial charge in [0.05, 0.1) is 11.3 Å². The maximum atomic E-state index is 13.9. The van der Waals surface area contributed by atoms with Gasteiger partial charge in [0.2, 0.25) is 5.95 Å². The zero-order valence-corrected chi connectivity index (χ0v) is 16.9. The number of alkyl halides is 3. The van der Waals surface area contributed by atoms with Gasteiger partial charge in [-0.3, -0.25) is 4.79 Å². The van der Waals surface area contributed by atoms with E-state index in [0.29, 0.717) is 11.0 Å². The minimum atomic E-state index is -4.87. The van der Waals surface area contributed by atoms with Crippen molar-refractivity contribution in [3.05, 3.63) is 45.9 Å². The van der Waals surface area contributed by atoms with Crippen molar-refractivity contribution in [3.63, 3.8) is 0 Å². The SMILES string of the molecule is O=C(NCC1CCCCC1)c1cnc(Nc2ccc(Br)cc2F)nc1C(F)(F)F. The summed E-state index contributed by atoms with van der Waals surface area (Å²) in [5.41, 5.74) is -2.11. The number of amides is 1. The largest absolute Gasteiger partial charge is 0.434 e. The molecule has 0 unspecified atom stereocenters. The van der Waals surface area contributed by atoms with Crippen LogP contribution >= 0.6 is 15.9 Å². The predicted molar refractivity (Wildman–Crippen MR) is 103 cm³/mol. The fraction of sp³-hybridized carbons (Fsp3) is 0.421. The molecule has 1 fully saturated rings. The molecule has 3 rings (SSSR count). The van der Waals surface area contributed by atoms with Crippen molar-refractivity contribution in [2.75, 3.05) is 11.9 Å². The Morgan fingerprint density at radius 3 is 2.59 bits per heavy atom. The van der Waals surface area contributed by atoms with Gasteiger partial charge < -0.3 is 10.6 Å². The molecule has 29 heavy (non-hydrogen) atoms. The van der Waals surface area contributed by atoms with E-state index in [1.54, 1.807) is 0 Å². The van der Waals surface area contributed by atoms with Crippen molar-refractivity contribution in [3.8, 4) is 0 Å². The van der Waals surface area contributed by atoms with Gasteiger partial charge in [0.25, 0.3) is 5.91 Å². The van der Waals surface area contributed by atoms with Gasteiger partial charge in [0.15, 0.2) is 5.69 Å². The molecule has 2 N–H and O–H groups in total. The number of rotatable bonds is 5. The monoisotopic (exact) mass is 474 g/mol. The molecule has 1 aromatic carbocycles. The highest BCUT2D eigenvalue weighted by atomic mass is 79.9. The van der Waals surface area contributed by atoms with Gasteiger partial charge in [0.1, 0.15) is 5.82 Å². The van der Waals surface area contributed by atoms with Crippen molar-refractivity contribution in [2.24, 2.45) is 5.92 Å². The normalized spacial score (nSPS) is 15.2. The lowest BCUT2D eigenvalue weighted by Gasteiger charge is -2.22. The second-order valence-electron chi connectivity index (χ2n) is 6.92. The Kier molecular flexibility index (Phi) is 6.71. The zero-order valence-electron chi connectivity index (χ0n) is 15.3. The van der Waals surface area contributed by atoms with E-state index in [-0.39, 0.29) is 11.6 Å². The lowest BCUT2D eigenvalue weighted by molar-refractivity contribution is -0.141. The number of benzene rings is 1. The van der Waals surface area contributed by atoms with E-state index in [0.717, 1.165) is 44.4 Å². The number of hydrogen-bond acceptors (Lipinski definition) is 4. The summed E-state index contributed by atoms with van der Waals surface area (Å²) in [6.07, 6.45) is 1.11. The molecule has 10 heteroatoms. The molecule has 0 atom stereocenters. The number of nitrogens with zero attached hydrogens (tertiary/aromatic N) is 2. The summed E-state index contributed by atoms with van der Waals surface area (Å²) < 4.78 is 54.8. The van der Waals surface area contributed by atoms with Crippen molar-refractivity contribution >= 4 is 33.5 Å². The molecule has 1 heterocycles. The third-order valence-corrected chi connectivity index (χ3v) is 5.25. The van der Waals surface area contributed by atoms with Crippen LogP contribution in [0.5, 0.6) is 0 Å². The Balaban J connectivity index is 1.79. The second-order valence-corrected chi connectivity index (χ2v) is 7.83. The first-order chi connectivity index (χ1) is 13.7. The maximum absolute atomic E-state index is 13.9. The number of aromatic nitrogens is 2. The lowest BCUT2D eigenvalue weighted by atomic mass is 9.89. The first-order valence-electron chi connectivity index (χ1n) is 9.18. The molecule has 1 aromatic heterocycles. The Morgan fingerprint density at radius 2 is 1.93 bits per heavy atom. The van der Waals surface area contributed by atoms with E-state index in [9.17, 15) is 22.4 Å². The van der Waals surface area contributed by atoms with Crippen molar-refractivity contribution in [1.29, 1.82) is 0 Å². The second kappa shape index (κ2) is 9.06. The molecule has 0 aliphatic heterocycles. The standard InChI is InChI=1S/C19H19BrF4N4O/c20-12-6-7-15(14(21)8-12)27-18-26-10-13(16(28-18)19(22,23)24)17(29)25-9-11-4-2-1-3-5-11/h6-8,10-11H,1-5,9H2,(H,25,29)(H,26,27,28). The fourth-order valence-electron chi connectivity index (χ4n) is 3.26. The predicted octanol–water partition coefficient (Wildman–Crippen LogP) is 5.45. The van der Waals surface area contributed by atoms with Gasteiger partial charge in [-0.2, -0.15) is 13.2 Å². The third kappa shape index (κ3) is 5.65. The highest BCUT2D eigenvalue weighted by molar-refractivity contribution is 9.10. The highest BCUT2D eigenvalue weighted by Gasteiger charge is 2.38. The lowest BCUT2D eigenvalue weighted by Crippen LogP contribution is -2.32. The average molecular weight is 475 g/mol. The number of carbonyl (C=O) groups excluding carboxylic acids is 1. The third-order valence-electron chi connectivity index (χ3n) is 4.76. The van der Waals surface area contributed by atoms with E-state index in [1.807, 2.05) is 0 Å². The molecule has 156 valence electrons. The van der Waals surface area contributed by atoms with Crippen LogP contribution < -0.4 is 10.6 Å². The molecule has 1 amide bonds. The van der Waals surface area contributed by atoms with Crippen molar-refractivity contribution < 1.29 is 22.4 Å². The first-order valence-corrected chi connectivity index (χ1v) is 9.98. The van der Waals surface area contributed by atoms with Crippen LogP contribution in [0.4, 0.5) is 29.2 Å². The Hall–Kier alpha value is -2.23. The van der Waals surface area contributed by atoms with Crippen LogP contribution in [0.2, 0.25) is 0 Å². The number of halogens is 5. The minimum Gasteiger partial charge on any atom is -0.352 e. The van der Waals surface area contributed by atoms with Gasteiger partial charge in [-0.1, -0.05) is 35.2 Å². The fourth-order valence-corrected chi connectivity index (χ4v) is 3.59. The minimum absolute atomic E-state index is 0.0872. The number of carbonyl (C=O) groups is 1. The first kappa shape index (κ1) is 21.5. The van der Waals surface area contributed by atoms with E-state index in [4.69, 9.17) is 0 Å². The van der Waals surface area contributed by atoms with Crippen LogP contribution in [-0.2, 0) is 6.18 Å². The van der Waals surface area contributed by atoms with Crippen LogP contribution in [0, 0.1) is 11.7 Å². The van der Waals surface area contributed by atoms with Crippen molar-refractivity contribution in [2.45, 2.75) is 38.3 Å². The topological polar surface area (TPSA) is 66.9 Å². The number of hydrogen-bond donors (Lipinski definition) is 2. The Bertz CT molecular complexity index is 885. The van der Waals surface area contributed by atoms with E-state index >= 15 is 0 Å². The molecule has 0 spiro atoms. The summed E-state index contributed by atoms with van der Waals surface area (Å²) in [5.74, 6) is -1.75.